The number of rotatable bonds is 2. The number of nitro groups is 1. The Morgan fingerprint density at radius 3 is 2.87 bits per heavy atom. The molecule has 0 bridgehead atoms. The van der Waals surface area contributed by atoms with Gasteiger partial charge in [0.2, 0.25) is 0 Å². The first-order valence-corrected chi connectivity index (χ1v) is 4.50. The number of aromatic nitrogens is 2. The van der Waals surface area contributed by atoms with Crippen LogP contribution in [0.2, 0.25) is 0 Å². The van der Waals surface area contributed by atoms with Crippen molar-refractivity contribution in [3.8, 4) is 0 Å². The molecule has 1 N–H and O–H groups in total. The van der Waals surface area contributed by atoms with Gasteiger partial charge in [0.05, 0.1) is 16.0 Å². The van der Waals surface area contributed by atoms with Crippen LogP contribution in [-0.4, -0.2) is 14.5 Å². The average Bonchev–Trinajstić information content (AvgIpc) is 2.51. The van der Waals surface area contributed by atoms with Crippen LogP contribution in [-0.2, 0) is 6.54 Å². The highest BCUT2D eigenvalue weighted by Gasteiger charge is 2.10. The summed E-state index contributed by atoms with van der Waals surface area (Å²) >= 11 is 0. The average molecular weight is 207 g/mol. The molecule has 1 aromatic heterocycles. The normalized spacial score (nSPS) is 10.7. The zero-order valence-electron chi connectivity index (χ0n) is 8.06. The van der Waals surface area contributed by atoms with Crippen molar-refractivity contribution in [2.45, 2.75) is 13.5 Å². The van der Waals surface area contributed by atoms with Crippen LogP contribution < -0.4 is 5.69 Å². The highest BCUT2D eigenvalue weighted by atomic mass is 16.6. The third-order valence-corrected chi connectivity index (χ3v) is 2.29. The molecule has 6 heteroatoms. The number of fused-ring (bicyclic) bond motifs is 1. The number of hydrogen-bond donors (Lipinski definition) is 1. The Morgan fingerprint density at radius 1 is 1.53 bits per heavy atom. The maximum atomic E-state index is 11.4. The molecule has 0 unspecified atom stereocenters. The third-order valence-electron chi connectivity index (χ3n) is 2.29. The molecule has 0 fully saturated rings. The minimum Gasteiger partial charge on any atom is -0.306 e. The number of non-ortho nitro benzene ring substituents is 1. The first-order valence-electron chi connectivity index (χ1n) is 4.50. The maximum Gasteiger partial charge on any atom is 0.326 e. The fraction of sp³-hybridized carbons (Fsp3) is 0.222. The fourth-order valence-electron chi connectivity index (χ4n) is 1.57. The van der Waals surface area contributed by atoms with Crippen molar-refractivity contribution in [1.82, 2.24) is 9.55 Å². The number of H-pyrrole nitrogens is 1. The van der Waals surface area contributed by atoms with E-state index in [-0.39, 0.29) is 11.4 Å². The number of aryl methyl sites for hydroxylation is 1. The van der Waals surface area contributed by atoms with Crippen molar-refractivity contribution < 1.29 is 4.92 Å². The second kappa shape index (κ2) is 3.23. The molecule has 78 valence electrons. The molecule has 0 saturated heterocycles. The van der Waals surface area contributed by atoms with E-state index in [1.807, 2.05) is 6.92 Å². The summed E-state index contributed by atoms with van der Waals surface area (Å²) in [5, 5.41) is 10.6. The van der Waals surface area contributed by atoms with Gasteiger partial charge in [0.25, 0.3) is 5.69 Å². The predicted molar refractivity (Wildman–Crippen MR) is 54.9 cm³/mol. The topological polar surface area (TPSA) is 80.9 Å². The summed E-state index contributed by atoms with van der Waals surface area (Å²) in [5.74, 6) is 0. The van der Waals surface area contributed by atoms with E-state index < -0.39 is 4.92 Å². The molecule has 0 radical (unpaired) electrons. The number of aromatic amines is 1. The Bertz CT molecular complexity index is 582. The van der Waals surface area contributed by atoms with Crippen LogP contribution >= 0.6 is 0 Å². The lowest BCUT2D eigenvalue weighted by molar-refractivity contribution is -0.384. The van der Waals surface area contributed by atoms with Gasteiger partial charge in [0.1, 0.15) is 0 Å². The highest BCUT2D eigenvalue weighted by molar-refractivity contribution is 5.77. The monoisotopic (exact) mass is 207 g/mol. The van der Waals surface area contributed by atoms with E-state index in [9.17, 15) is 14.9 Å². The molecule has 0 atom stereocenters. The molecule has 0 saturated carbocycles. The highest BCUT2D eigenvalue weighted by Crippen LogP contribution is 2.18. The van der Waals surface area contributed by atoms with Gasteiger partial charge in [0, 0.05) is 18.7 Å². The van der Waals surface area contributed by atoms with E-state index in [1.54, 1.807) is 6.07 Å². The standard InChI is InChI=1S/C9H9N3O3/c1-2-11-8-5-6(12(14)15)3-4-7(8)10-9(11)13/h3-5H,2H2,1H3,(H,10,13). The van der Waals surface area contributed by atoms with E-state index in [0.717, 1.165) is 0 Å². The lowest BCUT2D eigenvalue weighted by Crippen LogP contribution is -2.14. The summed E-state index contributed by atoms with van der Waals surface area (Å²) in [4.78, 5) is 24.1. The summed E-state index contributed by atoms with van der Waals surface area (Å²) in [6.45, 7) is 2.30. The van der Waals surface area contributed by atoms with Gasteiger partial charge in [-0.15, -0.1) is 0 Å². The van der Waals surface area contributed by atoms with Gasteiger partial charge in [-0.2, -0.15) is 0 Å². The minimum absolute atomic E-state index is 0.0105. The SMILES string of the molecule is CCn1c(=O)[nH]c2ccc([N+](=O)[O-])cc21. The van der Waals surface area contributed by atoms with Crippen LogP contribution in [0, 0.1) is 10.1 Å². The smallest absolute Gasteiger partial charge is 0.306 e. The number of nitrogens with zero attached hydrogens (tertiary/aromatic N) is 2. The van der Waals surface area contributed by atoms with Crippen molar-refractivity contribution in [3.63, 3.8) is 0 Å². The van der Waals surface area contributed by atoms with E-state index >= 15 is 0 Å². The van der Waals surface area contributed by atoms with Crippen molar-refractivity contribution >= 4 is 16.7 Å². The molecule has 2 rings (SSSR count). The van der Waals surface area contributed by atoms with E-state index in [1.165, 1.54) is 16.7 Å². The van der Waals surface area contributed by atoms with Gasteiger partial charge in [-0.1, -0.05) is 0 Å². The first kappa shape index (κ1) is 9.45. The lowest BCUT2D eigenvalue weighted by atomic mass is 10.3. The van der Waals surface area contributed by atoms with Crippen molar-refractivity contribution in [3.05, 3.63) is 38.8 Å². The number of nitro benzene ring substituents is 1. The second-order valence-corrected chi connectivity index (χ2v) is 3.13. The third kappa shape index (κ3) is 1.39. The first-order chi connectivity index (χ1) is 7.13. The van der Waals surface area contributed by atoms with Gasteiger partial charge in [-0.3, -0.25) is 14.7 Å². The van der Waals surface area contributed by atoms with Crippen molar-refractivity contribution in [2.75, 3.05) is 0 Å². The van der Waals surface area contributed by atoms with Gasteiger partial charge >= 0.3 is 5.69 Å². The maximum absolute atomic E-state index is 11.4. The summed E-state index contributed by atoms with van der Waals surface area (Å²) in [7, 11) is 0. The Labute approximate surface area is 84.3 Å². The molecule has 15 heavy (non-hydrogen) atoms. The molecule has 0 aliphatic rings. The van der Waals surface area contributed by atoms with Crippen LogP contribution in [0.1, 0.15) is 6.92 Å². The zero-order chi connectivity index (χ0) is 11.0. The van der Waals surface area contributed by atoms with E-state index in [2.05, 4.69) is 4.98 Å². The Morgan fingerprint density at radius 2 is 2.27 bits per heavy atom. The van der Waals surface area contributed by atoms with Crippen LogP contribution in [0.4, 0.5) is 5.69 Å². The van der Waals surface area contributed by atoms with Gasteiger partial charge in [-0.05, 0) is 13.0 Å². The predicted octanol–water partition coefficient (Wildman–Crippen LogP) is 1.26. The molecule has 0 amide bonds. The molecular formula is C9H9N3O3. The minimum atomic E-state index is -0.475. The number of benzene rings is 1. The lowest BCUT2D eigenvalue weighted by Gasteiger charge is -1.97. The molecule has 0 spiro atoms. The van der Waals surface area contributed by atoms with Crippen molar-refractivity contribution in [1.29, 1.82) is 0 Å². The van der Waals surface area contributed by atoms with E-state index in [4.69, 9.17) is 0 Å². The Balaban J connectivity index is 2.79. The number of nitrogens with one attached hydrogen (secondary N) is 1. The quantitative estimate of drug-likeness (QED) is 0.594. The number of imidazole rings is 1. The Hall–Kier alpha value is -2.11. The molecular weight excluding hydrogens is 198 g/mol. The molecule has 1 aromatic carbocycles. The molecule has 2 aromatic rings. The van der Waals surface area contributed by atoms with Gasteiger partial charge in [-0.25, -0.2) is 4.79 Å². The fourth-order valence-corrected chi connectivity index (χ4v) is 1.57. The second-order valence-electron chi connectivity index (χ2n) is 3.13. The number of hydrogen-bond acceptors (Lipinski definition) is 3. The van der Waals surface area contributed by atoms with Crippen LogP contribution in [0.3, 0.4) is 0 Å². The van der Waals surface area contributed by atoms with E-state index in [0.29, 0.717) is 17.6 Å². The molecule has 6 nitrogen and oxygen atoms in total. The molecule has 0 aliphatic heterocycles. The molecule has 1 heterocycles. The van der Waals surface area contributed by atoms with Crippen LogP contribution in [0.5, 0.6) is 0 Å². The summed E-state index contributed by atoms with van der Waals surface area (Å²) in [6.07, 6.45) is 0. The Kier molecular flexibility index (Phi) is 2.03. The zero-order valence-corrected chi connectivity index (χ0v) is 8.06. The van der Waals surface area contributed by atoms with Crippen LogP contribution in [0.25, 0.3) is 11.0 Å². The largest absolute Gasteiger partial charge is 0.326 e. The van der Waals surface area contributed by atoms with Crippen molar-refractivity contribution in [2.24, 2.45) is 0 Å². The summed E-state index contributed by atoms with van der Waals surface area (Å²) in [6, 6.07) is 4.32. The molecule has 0 aliphatic carbocycles. The van der Waals surface area contributed by atoms with Crippen LogP contribution in [0.15, 0.2) is 23.0 Å². The summed E-state index contributed by atoms with van der Waals surface area (Å²) in [5.41, 5.74) is 0.931. The van der Waals surface area contributed by atoms with Gasteiger partial charge < -0.3 is 4.98 Å². The summed E-state index contributed by atoms with van der Waals surface area (Å²) < 4.78 is 1.46. The van der Waals surface area contributed by atoms with Gasteiger partial charge in [0.15, 0.2) is 0 Å².